The lowest BCUT2D eigenvalue weighted by Crippen LogP contribution is -2.42. The highest BCUT2D eigenvalue weighted by molar-refractivity contribution is 6.06. The third kappa shape index (κ3) is 6.34. The molecule has 1 heterocycles. The number of rotatable bonds is 8. The summed E-state index contributed by atoms with van der Waals surface area (Å²) in [6.07, 6.45) is 2.66. The molecule has 0 aliphatic carbocycles. The van der Waals surface area contributed by atoms with Crippen LogP contribution >= 0.6 is 0 Å². The SMILES string of the molecule is CC(C)(C)NCC(O)COc1ccc(C(=O)C=Cc2ccc3c(c2)OCO3)cc1. The zero-order valence-corrected chi connectivity index (χ0v) is 17.0. The molecular formula is C23H27NO5. The minimum atomic E-state index is -0.611. The summed E-state index contributed by atoms with van der Waals surface area (Å²) >= 11 is 0. The maximum atomic E-state index is 12.4. The number of benzene rings is 2. The van der Waals surface area contributed by atoms with E-state index in [-0.39, 0.29) is 24.7 Å². The maximum absolute atomic E-state index is 12.4. The summed E-state index contributed by atoms with van der Waals surface area (Å²) < 4.78 is 16.2. The van der Waals surface area contributed by atoms with E-state index < -0.39 is 6.10 Å². The Morgan fingerprint density at radius 1 is 1.17 bits per heavy atom. The number of nitrogens with one attached hydrogen (secondary N) is 1. The molecule has 0 amide bonds. The standard InChI is InChI=1S/C23H27NO5/c1-23(2,3)24-13-18(25)14-27-19-8-6-17(7-9-19)20(26)10-4-16-5-11-21-22(12-16)29-15-28-21/h4-12,18,24-25H,13-15H2,1-3H3. The van der Waals surface area contributed by atoms with Crippen molar-refractivity contribution in [3.8, 4) is 17.2 Å². The van der Waals surface area contributed by atoms with Crippen LogP contribution in [-0.2, 0) is 0 Å². The normalized spacial score (nSPS) is 14.2. The highest BCUT2D eigenvalue weighted by atomic mass is 16.7. The summed E-state index contributed by atoms with van der Waals surface area (Å²) in [5.74, 6) is 1.89. The number of ether oxygens (including phenoxy) is 3. The zero-order chi connectivity index (χ0) is 20.9. The van der Waals surface area contributed by atoms with Gasteiger partial charge in [0.1, 0.15) is 18.5 Å². The molecule has 0 saturated heterocycles. The largest absolute Gasteiger partial charge is 0.491 e. The molecule has 29 heavy (non-hydrogen) atoms. The Bertz CT molecular complexity index is 868. The number of hydrogen-bond acceptors (Lipinski definition) is 6. The van der Waals surface area contributed by atoms with Gasteiger partial charge in [-0.3, -0.25) is 4.79 Å². The molecule has 2 aromatic rings. The van der Waals surface area contributed by atoms with Gasteiger partial charge in [-0.05, 0) is 68.8 Å². The van der Waals surface area contributed by atoms with E-state index in [1.807, 2.05) is 39.0 Å². The fourth-order valence-corrected chi connectivity index (χ4v) is 2.68. The van der Waals surface area contributed by atoms with Gasteiger partial charge in [0.05, 0.1) is 0 Å². The molecule has 6 heteroatoms. The molecule has 1 unspecified atom stereocenters. The average Bonchev–Trinajstić information content (AvgIpc) is 3.16. The van der Waals surface area contributed by atoms with Crippen LogP contribution in [0.5, 0.6) is 17.2 Å². The number of fused-ring (bicyclic) bond motifs is 1. The summed E-state index contributed by atoms with van der Waals surface area (Å²) in [6, 6.07) is 12.4. The van der Waals surface area contributed by atoms with Crippen molar-refractivity contribution in [3.63, 3.8) is 0 Å². The minimum Gasteiger partial charge on any atom is -0.491 e. The molecule has 0 radical (unpaired) electrons. The van der Waals surface area contributed by atoms with E-state index in [4.69, 9.17) is 14.2 Å². The molecule has 3 rings (SSSR count). The van der Waals surface area contributed by atoms with Gasteiger partial charge in [0.2, 0.25) is 6.79 Å². The molecule has 2 N–H and O–H groups in total. The Labute approximate surface area is 171 Å². The maximum Gasteiger partial charge on any atom is 0.231 e. The molecule has 1 aliphatic rings. The van der Waals surface area contributed by atoms with Crippen LogP contribution in [-0.4, -0.2) is 42.5 Å². The Morgan fingerprint density at radius 3 is 2.62 bits per heavy atom. The number of allylic oxidation sites excluding steroid dienone is 1. The molecule has 0 spiro atoms. The fraction of sp³-hybridized carbons (Fsp3) is 0.348. The number of hydrogen-bond donors (Lipinski definition) is 2. The van der Waals surface area contributed by atoms with E-state index in [1.165, 1.54) is 6.08 Å². The van der Waals surface area contributed by atoms with Crippen LogP contribution in [0.2, 0.25) is 0 Å². The fourth-order valence-electron chi connectivity index (χ4n) is 2.68. The Kier molecular flexibility index (Phi) is 6.56. The predicted molar refractivity (Wildman–Crippen MR) is 112 cm³/mol. The van der Waals surface area contributed by atoms with Crippen molar-refractivity contribution < 1.29 is 24.1 Å². The van der Waals surface area contributed by atoms with Gasteiger partial charge in [-0.25, -0.2) is 0 Å². The lowest BCUT2D eigenvalue weighted by molar-refractivity contribution is 0.0999. The number of aliphatic hydroxyl groups is 1. The molecule has 0 saturated carbocycles. The molecule has 0 bridgehead atoms. The Balaban J connectivity index is 1.51. The minimum absolute atomic E-state index is 0.0584. The molecule has 0 aromatic heterocycles. The van der Waals surface area contributed by atoms with Gasteiger partial charge in [-0.15, -0.1) is 0 Å². The summed E-state index contributed by atoms with van der Waals surface area (Å²) in [5, 5.41) is 13.2. The molecule has 154 valence electrons. The van der Waals surface area contributed by atoms with E-state index in [0.29, 0.717) is 29.4 Å². The smallest absolute Gasteiger partial charge is 0.231 e. The summed E-state index contributed by atoms with van der Waals surface area (Å²) in [4.78, 5) is 12.4. The Hall–Kier alpha value is -2.83. The van der Waals surface area contributed by atoms with Crippen LogP contribution in [0.4, 0.5) is 0 Å². The first-order valence-electron chi connectivity index (χ1n) is 9.58. The topological polar surface area (TPSA) is 77.0 Å². The summed E-state index contributed by atoms with van der Waals surface area (Å²) in [7, 11) is 0. The lowest BCUT2D eigenvalue weighted by atomic mass is 10.1. The van der Waals surface area contributed by atoms with E-state index in [1.54, 1.807) is 30.3 Å². The van der Waals surface area contributed by atoms with E-state index in [2.05, 4.69) is 5.32 Å². The third-order valence-corrected chi connectivity index (χ3v) is 4.27. The molecular weight excluding hydrogens is 370 g/mol. The van der Waals surface area contributed by atoms with E-state index in [9.17, 15) is 9.90 Å². The molecule has 0 fully saturated rings. The first kappa shape index (κ1) is 20.9. The van der Waals surface area contributed by atoms with Crippen molar-refractivity contribution >= 4 is 11.9 Å². The third-order valence-electron chi connectivity index (χ3n) is 4.27. The van der Waals surface area contributed by atoms with Gasteiger partial charge in [0.15, 0.2) is 17.3 Å². The van der Waals surface area contributed by atoms with Gasteiger partial charge in [-0.2, -0.15) is 0 Å². The number of carbonyl (C=O) groups excluding carboxylic acids is 1. The number of β-amino-alcohol motifs (C(OH)–C–C–N with tert-alkyl or cyclic N) is 1. The summed E-state index contributed by atoms with van der Waals surface area (Å²) in [5.41, 5.74) is 1.36. The van der Waals surface area contributed by atoms with Crippen LogP contribution in [0.3, 0.4) is 0 Å². The second-order valence-electron chi connectivity index (χ2n) is 7.93. The van der Waals surface area contributed by atoms with Crippen molar-refractivity contribution in [2.24, 2.45) is 0 Å². The molecule has 2 aromatic carbocycles. The second kappa shape index (κ2) is 9.11. The van der Waals surface area contributed by atoms with Gasteiger partial charge < -0.3 is 24.6 Å². The van der Waals surface area contributed by atoms with Crippen LogP contribution in [0, 0.1) is 0 Å². The Morgan fingerprint density at radius 2 is 1.90 bits per heavy atom. The highest BCUT2D eigenvalue weighted by Gasteiger charge is 2.13. The number of ketones is 1. The second-order valence-corrected chi connectivity index (χ2v) is 7.93. The first-order valence-corrected chi connectivity index (χ1v) is 9.58. The first-order chi connectivity index (χ1) is 13.8. The van der Waals surface area contributed by atoms with Crippen LogP contribution < -0.4 is 19.5 Å². The van der Waals surface area contributed by atoms with Crippen molar-refractivity contribution in [1.82, 2.24) is 5.32 Å². The predicted octanol–water partition coefficient (Wildman–Crippen LogP) is 3.44. The molecule has 6 nitrogen and oxygen atoms in total. The lowest BCUT2D eigenvalue weighted by Gasteiger charge is -2.22. The van der Waals surface area contributed by atoms with Crippen LogP contribution in [0.15, 0.2) is 48.5 Å². The van der Waals surface area contributed by atoms with Crippen molar-refractivity contribution in [1.29, 1.82) is 0 Å². The van der Waals surface area contributed by atoms with Crippen molar-refractivity contribution in [2.45, 2.75) is 32.4 Å². The molecule has 1 aliphatic heterocycles. The molecule has 1 atom stereocenters. The number of aliphatic hydroxyl groups excluding tert-OH is 1. The highest BCUT2D eigenvalue weighted by Crippen LogP contribution is 2.32. The summed E-state index contributed by atoms with van der Waals surface area (Å²) in [6.45, 7) is 6.97. The van der Waals surface area contributed by atoms with E-state index in [0.717, 1.165) is 5.56 Å². The van der Waals surface area contributed by atoms with Gasteiger partial charge >= 0.3 is 0 Å². The monoisotopic (exact) mass is 397 g/mol. The average molecular weight is 397 g/mol. The van der Waals surface area contributed by atoms with Crippen LogP contribution in [0.25, 0.3) is 6.08 Å². The zero-order valence-electron chi connectivity index (χ0n) is 17.0. The quantitative estimate of drug-likeness (QED) is 0.525. The van der Waals surface area contributed by atoms with Crippen molar-refractivity contribution in [2.75, 3.05) is 19.9 Å². The van der Waals surface area contributed by atoms with Gasteiger partial charge in [-0.1, -0.05) is 12.1 Å². The van der Waals surface area contributed by atoms with Gasteiger partial charge in [0, 0.05) is 17.6 Å². The van der Waals surface area contributed by atoms with Gasteiger partial charge in [0.25, 0.3) is 0 Å². The van der Waals surface area contributed by atoms with Crippen LogP contribution in [0.1, 0.15) is 36.7 Å². The van der Waals surface area contributed by atoms with Crippen molar-refractivity contribution in [3.05, 3.63) is 59.7 Å². The number of carbonyl (C=O) groups is 1. The van der Waals surface area contributed by atoms with E-state index >= 15 is 0 Å².